The summed E-state index contributed by atoms with van der Waals surface area (Å²) in [7, 11) is 1.55. The second kappa shape index (κ2) is 8.47. The first kappa shape index (κ1) is 21.0. The van der Waals surface area contributed by atoms with E-state index in [-0.39, 0.29) is 5.78 Å². The summed E-state index contributed by atoms with van der Waals surface area (Å²) in [6, 6.07) is 20.4. The number of benzene rings is 3. The van der Waals surface area contributed by atoms with Crippen LogP contribution < -0.4 is 9.64 Å². The molecule has 2 unspecified atom stereocenters. The largest absolute Gasteiger partial charge is 0.497 e. The molecule has 0 spiro atoms. The van der Waals surface area contributed by atoms with E-state index in [1.165, 1.54) is 4.90 Å². The third kappa shape index (κ3) is 3.79. The molecule has 1 aliphatic heterocycles. The van der Waals surface area contributed by atoms with Crippen molar-refractivity contribution in [1.82, 2.24) is 0 Å². The van der Waals surface area contributed by atoms with Gasteiger partial charge in [-0.1, -0.05) is 64.5 Å². The molecule has 2 atom stereocenters. The summed E-state index contributed by atoms with van der Waals surface area (Å²) >= 11 is 3.50. The maximum absolute atomic E-state index is 13.4. The fourth-order valence-electron chi connectivity index (χ4n) is 3.89. The van der Waals surface area contributed by atoms with E-state index in [1.807, 2.05) is 13.0 Å². The van der Waals surface area contributed by atoms with E-state index in [0.717, 1.165) is 10.0 Å². The summed E-state index contributed by atoms with van der Waals surface area (Å²) in [6.07, 6.45) is 0. The molecule has 1 aliphatic rings. The molecule has 5 nitrogen and oxygen atoms in total. The number of anilines is 1. The summed E-state index contributed by atoms with van der Waals surface area (Å²) < 4.78 is 6.16. The normalized spacial score (nSPS) is 18.4. The molecule has 31 heavy (non-hydrogen) atoms. The van der Waals surface area contributed by atoms with Gasteiger partial charge in [0, 0.05) is 15.7 Å². The van der Waals surface area contributed by atoms with Gasteiger partial charge in [-0.15, -0.1) is 0 Å². The third-order valence-corrected chi connectivity index (χ3v) is 6.37. The second-order valence-electron chi connectivity index (χ2n) is 7.40. The zero-order valence-corrected chi connectivity index (χ0v) is 18.6. The summed E-state index contributed by atoms with van der Waals surface area (Å²) in [6.45, 7) is 1.94. The van der Waals surface area contributed by atoms with Crippen LogP contribution in [0.5, 0.6) is 5.75 Å². The number of nitrogens with zero attached hydrogens (tertiary/aromatic N) is 1. The minimum atomic E-state index is -1.15. The number of ether oxygens (including phenoxy) is 1. The molecule has 0 radical (unpaired) electrons. The molecule has 0 saturated carbocycles. The van der Waals surface area contributed by atoms with E-state index in [0.29, 0.717) is 22.6 Å². The highest BCUT2D eigenvalue weighted by Crippen LogP contribution is 2.42. The van der Waals surface area contributed by atoms with Gasteiger partial charge >= 0.3 is 0 Å². The number of Topliss-reactive ketones (excluding diaryl/α,β-unsaturated/α-hetero) is 2. The molecule has 0 aromatic heterocycles. The Morgan fingerprint density at radius 1 is 0.968 bits per heavy atom. The molecule has 1 heterocycles. The van der Waals surface area contributed by atoms with Gasteiger partial charge < -0.3 is 4.74 Å². The topological polar surface area (TPSA) is 63.7 Å². The highest BCUT2D eigenvalue weighted by molar-refractivity contribution is 9.10. The molecule has 0 N–H and O–H groups in total. The summed E-state index contributed by atoms with van der Waals surface area (Å²) in [4.78, 5) is 41.1. The molecule has 1 amide bonds. The molecule has 4 rings (SSSR count). The smallest absolute Gasteiger partial charge is 0.295 e. The van der Waals surface area contributed by atoms with Crippen LogP contribution in [0.15, 0.2) is 77.3 Å². The van der Waals surface area contributed by atoms with Crippen LogP contribution in [0.3, 0.4) is 0 Å². The Kier molecular flexibility index (Phi) is 5.74. The standard InChI is InChI=1S/C25H20BrNO4/c1-15-11-12-18(14-20(15)26)27-22(17-9-6-10-19(13-17)31-2)21(24(29)25(27)30)23(28)16-7-4-3-5-8-16/h3-14,21-22H,1-2H3. The number of hydrogen-bond acceptors (Lipinski definition) is 4. The minimum absolute atomic E-state index is 0.375. The quantitative estimate of drug-likeness (QED) is 0.297. The number of halogens is 1. The lowest BCUT2D eigenvalue weighted by Crippen LogP contribution is -2.30. The summed E-state index contributed by atoms with van der Waals surface area (Å²) in [5.74, 6) is -2.35. The van der Waals surface area contributed by atoms with E-state index < -0.39 is 23.7 Å². The van der Waals surface area contributed by atoms with Crippen molar-refractivity contribution < 1.29 is 19.1 Å². The van der Waals surface area contributed by atoms with E-state index >= 15 is 0 Å². The zero-order chi connectivity index (χ0) is 22.1. The number of amides is 1. The van der Waals surface area contributed by atoms with Crippen molar-refractivity contribution in [1.29, 1.82) is 0 Å². The van der Waals surface area contributed by atoms with Crippen LogP contribution in [0.2, 0.25) is 0 Å². The SMILES string of the molecule is COc1cccc(C2C(C(=O)c3ccccc3)C(=O)C(=O)N2c2ccc(C)c(Br)c2)c1. The first-order valence-corrected chi connectivity index (χ1v) is 10.6. The Morgan fingerprint density at radius 3 is 2.39 bits per heavy atom. The molecule has 3 aromatic carbocycles. The fourth-order valence-corrected chi connectivity index (χ4v) is 4.26. The van der Waals surface area contributed by atoms with E-state index in [2.05, 4.69) is 15.9 Å². The molecular formula is C25H20BrNO4. The van der Waals surface area contributed by atoms with Gasteiger partial charge in [-0.25, -0.2) is 0 Å². The average Bonchev–Trinajstić information content (AvgIpc) is 3.06. The van der Waals surface area contributed by atoms with Gasteiger partial charge in [0.05, 0.1) is 13.2 Å². The number of hydrogen-bond donors (Lipinski definition) is 0. The molecule has 156 valence electrons. The number of rotatable bonds is 5. The molecule has 0 bridgehead atoms. The maximum Gasteiger partial charge on any atom is 0.295 e. The van der Waals surface area contributed by atoms with Crippen LogP contribution in [0, 0.1) is 12.8 Å². The predicted molar refractivity (Wildman–Crippen MR) is 121 cm³/mol. The monoisotopic (exact) mass is 477 g/mol. The number of carbonyl (C=O) groups excluding carboxylic acids is 3. The van der Waals surface area contributed by atoms with E-state index in [9.17, 15) is 14.4 Å². The number of aryl methyl sites for hydroxylation is 1. The van der Waals surface area contributed by atoms with Crippen molar-refractivity contribution in [3.8, 4) is 5.75 Å². The molecule has 1 saturated heterocycles. The van der Waals surface area contributed by atoms with Crippen molar-refractivity contribution in [2.75, 3.05) is 12.0 Å². The van der Waals surface area contributed by atoms with Gasteiger partial charge in [0.1, 0.15) is 11.7 Å². The number of ketones is 2. The van der Waals surface area contributed by atoms with Crippen molar-refractivity contribution in [3.63, 3.8) is 0 Å². The first-order valence-electron chi connectivity index (χ1n) is 9.79. The van der Waals surface area contributed by atoms with Crippen molar-refractivity contribution in [2.24, 2.45) is 5.92 Å². The first-order chi connectivity index (χ1) is 14.9. The van der Waals surface area contributed by atoms with Crippen LogP contribution in [0.1, 0.15) is 27.5 Å². The van der Waals surface area contributed by atoms with Crippen molar-refractivity contribution in [3.05, 3.63) is 94.0 Å². The van der Waals surface area contributed by atoms with Gasteiger partial charge in [-0.05, 0) is 42.3 Å². The Balaban J connectivity index is 1.89. The van der Waals surface area contributed by atoms with Gasteiger partial charge in [-0.2, -0.15) is 0 Å². The van der Waals surface area contributed by atoms with Gasteiger partial charge in [-0.3, -0.25) is 19.3 Å². The van der Waals surface area contributed by atoms with Crippen LogP contribution >= 0.6 is 15.9 Å². The van der Waals surface area contributed by atoms with E-state index in [4.69, 9.17) is 4.74 Å². The van der Waals surface area contributed by atoms with Crippen LogP contribution in [-0.2, 0) is 9.59 Å². The highest BCUT2D eigenvalue weighted by atomic mass is 79.9. The van der Waals surface area contributed by atoms with E-state index in [1.54, 1.807) is 73.8 Å². The minimum Gasteiger partial charge on any atom is -0.497 e. The lowest BCUT2D eigenvalue weighted by atomic mass is 9.86. The fraction of sp³-hybridized carbons (Fsp3) is 0.160. The van der Waals surface area contributed by atoms with Crippen molar-refractivity contribution >= 4 is 39.1 Å². The van der Waals surface area contributed by atoms with Crippen LogP contribution in [0.25, 0.3) is 0 Å². The highest BCUT2D eigenvalue weighted by Gasteiger charge is 2.52. The maximum atomic E-state index is 13.4. The van der Waals surface area contributed by atoms with Gasteiger partial charge in [0.2, 0.25) is 5.78 Å². The van der Waals surface area contributed by atoms with Crippen LogP contribution in [-0.4, -0.2) is 24.6 Å². The predicted octanol–water partition coefficient (Wildman–Crippen LogP) is 4.92. The van der Waals surface area contributed by atoms with Crippen molar-refractivity contribution in [2.45, 2.75) is 13.0 Å². The number of carbonyl (C=O) groups is 3. The molecule has 0 aliphatic carbocycles. The Bertz CT molecular complexity index is 1180. The van der Waals surface area contributed by atoms with Gasteiger partial charge in [0.25, 0.3) is 5.91 Å². The van der Waals surface area contributed by atoms with Crippen LogP contribution in [0.4, 0.5) is 5.69 Å². The average molecular weight is 478 g/mol. The lowest BCUT2D eigenvalue weighted by Gasteiger charge is -2.28. The molecule has 1 fully saturated rings. The molecular weight excluding hydrogens is 458 g/mol. The molecule has 6 heteroatoms. The Morgan fingerprint density at radius 2 is 1.71 bits per heavy atom. The molecule has 3 aromatic rings. The summed E-state index contributed by atoms with van der Waals surface area (Å²) in [5.41, 5.74) is 2.60. The second-order valence-corrected chi connectivity index (χ2v) is 8.26. The lowest BCUT2D eigenvalue weighted by molar-refractivity contribution is -0.135. The summed E-state index contributed by atoms with van der Waals surface area (Å²) in [5, 5.41) is 0. The third-order valence-electron chi connectivity index (χ3n) is 5.52. The Hall–Kier alpha value is -3.25. The van der Waals surface area contributed by atoms with Gasteiger partial charge in [0.15, 0.2) is 5.78 Å². The Labute approximate surface area is 188 Å². The zero-order valence-electron chi connectivity index (χ0n) is 17.0. The number of methoxy groups -OCH3 is 1.